The summed E-state index contributed by atoms with van der Waals surface area (Å²) in [4.78, 5) is 11.3. The van der Waals surface area contributed by atoms with Gasteiger partial charge in [0.15, 0.2) is 5.71 Å². The Morgan fingerprint density at radius 1 is 1.21 bits per heavy atom. The molecule has 0 unspecified atom stereocenters. The Hall–Kier alpha value is -2.39. The lowest BCUT2D eigenvalue weighted by Gasteiger charge is -2.02. The Bertz CT molecular complexity index is 645. The number of sulfonamides is 1. The smallest absolute Gasteiger partial charge is 0.292 e. The van der Waals surface area contributed by atoms with Gasteiger partial charge in [-0.3, -0.25) is 21.1 Å². The first kappa shape index (κ1) is 13.1. The quantitative estimate of drug-likeness (QED) is 0.542. The van der Waals surface area contributed by atoms with E-state index >= 15 is 0 Å². The molecule has 5 N–H and O–H groups in total. The average molecular weight is 281 g/mol. The van der Waals surface area contributed by atoms with Gasteiger partial charge in [0, 0.05) is 0 Å². The Labute approximate surface area is 109 Å². The average Bonchev–Trinajstić information content (AvgIpc) is 2.66. The van der Waals surface area contributed by atoms with Crippen molar-refractivity contribution in [3.8, 4) is 0 Å². The largest absolute Gasteiger partial charge is 0.296 e. The van der Waals surface area contributed by atoms with Gasteiger partial charge in [-0.2, -0.15) is 5.10 Å². The lowest BCUT2D eigenvalue weighted by Crippen LogP contribution is -2.25. The molecule has 0 bridgehead atoms. The molecule has 1 aliphatic rings. The number of amides is 1. The summed E-state index contributed by atoms with van der Waals surface area (Å²) in [6.07, 6.45) is 0. The maximum absolute atomic E-state index is 11.3. The fraction of sp³-hybridized carbons (Fsp3) is 0. The second kappa shape index (κ2) is 4.71. The fourth-order valence-corrected chi connectivity index (χ4v) is 1.86. The van der Waals surface area contributed by atoms with Crippen molar-refractivity contribution in [2.24, 2.45) is 10.2 Å². The number of benzene rings is 1. The van der Waals surface area contributed by atoms with Gasteiger partial charge in [-0.05, 0) is 24.3 Å². The van der Waals surface area contributed by atoms with Crippen molar-refractivity contribution in [2.75, 3.05) is 5.43 Å². The number of primary sulfonamides is 1. The van der Waals surface area contributed by atoms with Crippen LogP contribution in [0.4, 0.5) is 5.69 Å². The second-order valence-corrected chi connectivity index (χ2v) is 5.26. The summed E-state index contributed by atoms with van der Waals surface area (Å²) in [5.74, 6) is -0.404. The SMILES string of the molecule is C=C1NNC(=O)C1=NNc1ccc(S(N)(=O)=O)cc1. The molecular formula is C10H11N5O3S. The summed E-state index contributed by atoms with van der Waals surface area (Å²) in [5, 5.41) is 8.83. The van der Waals surface area contributed by atoms with Crippen molar-refractivity contribution in [1.82, 2.24) is 10.9 Å². The Morgan fingerprint density at radius 3 is 2.32 bits per heavy atom. The summed E-state index contributed by atoms with van der Waals surface area (Å²) in [7, 11) is -3.72. The summed E-state index contributed by atoms with van der Waals surface area (Å²) in [6.45, 7) is 3.58. The fourth-order valence-electron chi connectivity index (χ4n) is 1.35. The zero-order chi connectivity index (χ0) is 14.0. The molecule has 0 saturated carbocycles. The molecule has 9 heteroatoms. The number of hydrogen-bond donors (Lipinski definition) is 4. The Morgan fingerprint density at radius 2 is 1.84 bits per heavy atom. The van der Waals surface area contributed by atoms with Crippen molar-refractivity contribution in [2.45, 2.75) is 4.90 Å². The van der Waals surface area contributed by atoms with Crippen molar-refractivity contribution in [1.29, 1.82) is 0 Å². The van der Waals surface area contributed by atoms with E-state index < -0.39 is 15.9 Å². The highest BCUT2D eigenvalue weighted by molar-refractivity contribution is 7.89. The van der Waals surface area contributed by atoms with Crippen LogP contribution in [-0.2, 0) is 14.8 Å². The van der Waals surface area contributed by atoms with Crippen molar-refractivity contribution in [3.05, 3.63) is 36.5 Å². The van der Waals surface area contributed by atoms with Crippen LogP contribution in [0.5, 0.6) is 0 Å². The van der Waals surface area contributed by atoms with Crippen LogP contribution in [0.15, 0.2) is 46.5 Å². The van der Waals surface area contributed by atoms with Crippen molar-refractivity contribution in [3.63, 3.8) is 0 Å². The molecular weight excluding hydrogens is 270 g/mol. The highest BCUT2D eigenvalue weighted by Gasteiger charge is 2.22. The first-order valence-corrected chi connectivity index (χ1v) is 6.65. The van der Waals surface area contributed by atoms with Gasteiger partial charge in [0.25, 0.3) is 5.91 Å². The molecule has 1 saturated heterocycles. The van der Waals surface area contributed by atoms with E-state index in [-0.39, 0.29) is 10.6 Å². The third-order valence-electron chi connectivity index (χ3n) is 2.31. The monoisotopic (exact) mass is 281 g/mol. The number of rotatable bonds is 3. The van der Waals surface area contributed by atoms with Gasteiger partial charge < -0.3 is 0 Å². The lowest BCUT2D eigenvalue weighted by atomic mass is 10.3. The van der Waals surface area contributed by atoms with Crippen LogP contribution in [0.2, 0.25) is 0 Å². The van der Waals surface area contributed by atoms with Crippen LogP contribution in [-0.4, -0.2) is 20.0 Å². The summed E-state index contributed by atoms with van der Waals surface area (Å²) >= 11 is 0. The van der Waals surface area contributed by atoms with E-state index in [0.29, 0.717) is 11.4 Å². The van der Waals surface area contributed by atoms with Gasteiger partial charge in [-0.15, -0.1) is 0 Å². The molecule has 1 aromatic carbocycles. The van der Waals surface area contributed by atoms with Crippen LogP contribution in [0.25, 0.3) is 0 Å². The van der Waals surface area contributed by atoms with Gasteiger partial charge in [0.05, 0.1) is 16.3 Å². The number of hydrazone groups is 1. The Kier molecular flexibility index (Phi) is 3.23. The number of anilines is 1. The van der Waals surface area contributed by atoms with E-state index in [4.69, 9.17) is 5.14 Å². The molecule has 1 fully saturated rings. The number of carbonyl (C=O) groups excluding carboxylic acids is 1. The molecule has 0 atom stereocenters. The minimum atomic E-state index is -3.72. The molecule has 0 aromatic heterocycles. The van der Waals surface area contributed by atoms with Gasteiger partial charge >= 0.3 is 0 Å². The summed E-state index contributed by atoms with van der Waals surface area (Å²) < 4.78 is 22.1. The zero-order valence-electron chi connectivity index (χ0n) is 9.67. The number of carbonyl (C=O) groups is 1. The number of nitrogens with two attached hydrogens (primary N) is 1. The molecule has 100 valence electrons. The van der Waals surface area contributed by atoms with E-state index in [1.807, 2.05) is 0 Å². The predicted octanol–water partition coefficient (Wildman–Crippen LogP) is -0.750. The molecule has 8 nitrogen and oxygen atoms in total. The molecule has 0 spiro atoms. The molecule has 1 aliphatic heterocycles. The van der Waals surface area contributed by atoms with Crippen LogP contribution in [0.1, 0.15) is 0 Å². The van der Waals surface area contributed by atoms with Crippen LogP contribution >= 0.6 is 0 Å². The maximum atomic E-state index is 11.3. The van der Waals surface area contributed by atoms with Crippen LogP contribution in [0, 0.1) is 0 Å². The van der Waals surface area contributed by atoms with E-state index in [0.717, 1.165) is 0 Å². The minimum absolute atomic E-state index is 0.00427. The molecule has 0 radical (unpaired) electrons. The van der Waals surface area contributed by atoms with Gasteiger partial charge in [-0.25, -0.2) is 13.6 Å². The molecule has 0 aliphatic carbocycles. The number of hydrogen-bond acceptors (Lipinski definition) is 6. The summed E-state index contributed by atoms with van der Waals surface area (Å²) in [5.41, 5.74) is 8.44. The highest BCUT2D eigenvalue weighted by Crippen LogP contribution is 2.13. The van der Waals surface area contributed by atoms with Crippen molar-refractivity contribution >= 4 is 27.3 Å². The first-order chi connectivity index (χ1) is 8.88. The number of hydrazine groups is 1. The van der Waals surface area contributed by atoms with Crippen LogP contribution < -0.4 is 21.4 Å². The number of nitrogens with zero attached hydrogens (tertiary/aromatic N) is 1. The van der Waals surface area contributed by atoms with E-state index in [9.17, 15) is 13.2 Å². The first-order valence-electron chi connectivity index (χ1n) is 5.10. The van der Waals surface area contributed by atoms with E-state index in [2.05, 4.69) is 28.0 Å². The third-order valence-corrected chi connectivity index (χ3v) is 3.24. The third kappa shape index (κ3) is 2.89. The van der Waals surface area contributed by atoms with Gasteiger partial charge in [0.1, 0.15) is 0 Å². The zero-order valence-corrected chi connectivity index (χ0v) is 10.5. The topological polar surface area (TPSA) is 126 Å². The summed E-state index contributed by atoms with van der Waals surface area (Å²) in [6, 6.07) is 5.62. The molecule has 1 heterocycles. The van der Waals surface area contributed by atoms with Crippen molar-refractivity contribution < 1.29 is 13.2 Å². The lowest BCUT2D eigenvalue weighted by molar-refractivity contribution is -0.114. The molecule has 19 heavy (non-hydrogen) atoms. The highest BCUT2D eigenvalue weighted by atomic mass is 32.2. The molecule has 2 rings (SSSR count). The Balaban J connectivity index is 2.15. The second-order valence-electron chi connectivity index (χ2n) is 3.70. The number of nitrogens with one attached hydrogen (secondary N) is 3. The van der Waals surface area contributed by atoms with Crippen LogP contribution in [0.3, 0.4) is 0 Å². The van der Waals surface area contributed by atoms with E-state index in [1.165, 1.54) is 24.3 Å². The molecule has 1 amide bonds. The molecule has 1 aromatic rings. The predicted molar refractivity (Wildman–Crippen MR) is 69.3 cm³/mol. The van der Waals surface area contributed by atoms with Gasteiger partial charge in [-0.1, -0.05) is 6.58 Å². The standard InChI is InChI=1S/C10H11N5O3S/c1-6-9(10(16)15-12-6)14-13-7-2-4-8(5-3-7)19(11,17)18/h2-5,12-13H,1H2,(H,15,16)(H2,11,17,18). The van der Waals surface area contributed by atoms with Gasteiger partial charge in [0.2, 0.25) is 10.0 Å². The maximum Gasteiger partial charge on any atom is 0.292 e. The van der Waals surface area contributed by atoms with E-state index in [1.54, 1.807) is 0 Å². The normalized spacial score (nSPS) is 17.2. The minimum Gasteiger partial charge on any atom is -0.296 e.